The Kier molecular flexibility index (Phi) is 1.91. The quantitative estimate of drug-likeness (QED) is 0.521. The second-order valence-corrected chi connectivity index (χ2v) is 4.43. The van der Waals surface area contributed by atoms with Crippen molar-refractivity contribution in [2.45, 2.75) is 34.1 Å². The van der Waals surface area contributed by atoms with E-state index in [0.29, 0.717) is 5.78 Å². The monoisotopic (exact) mass is 152 g/mol. The number of carbonyl (C=O) groups is 1. The largest absolute Gasteiger partial charge is 0.295 e. The van der Waals surface area contributed by atoms with Gasteiger partial charge in [-0.1, -0.05) is 33.3 Å². The van der Waals surface area contributed by atoms with Crippen molar-refractivity contribution in [3.63, 3.8) is 0 Å². The lowest BCUT2D eigenvalue weighted by Gasteiger charge is -2.20. The normalized spacial score (nSPS) is 25.6. The number of hydrogen-bond acceptors (Lipinski definition) is 1. The van der Waals surface area contributed by atoms with Gasteiger partial charge in [-0.05, 0) is 17.9 Å². The van der Waals surface area contributed by atoms with Crippen molar-refractivity contribution < 1.29 is 4.79 Å². The Morgan fingerprint density at radius 3 is 2.18 bits per heavy atom. The molecule has 0 aromatic rings. The third-order valence-corrected chi connectivity index (χ3v) is 2.29. The van der Waals surface area contributed by atoms with Crippen molar-refractivity contribution >= 4 is 5.78 Å². The van der Waals surface area contributed by atoms with Crippen molar-refractivity contribution in [2.24, 2.45) is 11.3 Å². The van der Waals surface area contributed by atoms with Crippen LogP contribution in [0.1, 0.15) is 34.1 Å². The lowest BCUT2D eigenvalue weighted by Crippen LogP contribution is -2.08. The Hall–Kier alpha value is -0.590. The average Bonchev–Trinajstić information content (AvgIpc) is 2.11. The van der Waals surface area contributed by atoms with Gasteiger partial charge in [0.15, 0.2) is 5.78 Å². The van der Waals surface area contributed by atoms with Gasteiger partial charge in [0.25, 0.3) is 0 Å². The zero-order valence-electron chi connectivity index (χ0n) is 7.77. The van der Waals surface area contributed by atoms with Gasteiger partial charge in [0.05, 0.1) is 0 Å². The summed E-state index contributed by atoms with van der Waals surface area (Å²) in [5, 5.41) is 0. The lowest BCUT2D eigenvalue weighted by atomic mass is 9.85. The first-order valence-electron chi connectivity index (χ1n) is 4.16. The molecular formula is C10H16O. The second kappa shape index (κ2) is 2.47. The molecule has 0 N–H and O–H groups in total. The van der Waals surface area contributed by atoms with Crippen LogP contribution >= 0.6 is 0 Å². The molecule has 0 aliphatic heterocycles. The molecule has 1 aliphatic carbocycles. The van der Waals surface area contributed by atoms with Crippen LogP contribution in [-0.2, 0) is 4.79 Å². The number of rotatable bonds is 0. The van der Waals surface area contributed by atoms with E-state index in [9.17, 15) is 4.79 Å². The second-order valence-electron chi connectivity index (χ2n) is 4.43. The minimum Gasteiger partial charge on any atom is -0.295 e. The van der Waals surface area contributed by atoms with Crippen LogP contribution in [0.4, 0.5) is 0 Å². The van der Waals surface area contributed by atoms with E-state index >= 15 is 0 Å². The Morgan fingerprint density at radius 2 is 2.00 bits per heavy atom. The van der Waals surface area contributed by atoms with Crippen LogP contribution in [-0.4, -0.2) is 5.78 Å². The molecule has 0 saturated carbocycles. The number of carbonyl (C=O) groups excluding carboxylic acids is 1. The van der Waals surface area contributed by atoms with Gasteiger partial charge < -0.3 is 0 Å². The van der Waals surface area contributed by atoms with Crippen LogP contribution in [0.25, 0.3) is 0 Å². The van der Waals surface area contributed by atoms with Gasteiger partial charge in [-0.15, -0.1) is 0 Å². The first-order chi connectivity index (χ1) is 4.91. The van der Waals surface area contributed by atoms with Crippen LogP contribution in [0.3, 0.4) is 0 Å². The highest BCUT2D eigenvalue weighted by molar-refractivity contribution is 5.95. The smallest absolute Gasteiger partial charge is 0.158 e. The fraction of sp³-hybridized carbons (Fsp3) is 0.700. The van der Waals surface area contributed by atoms with Gasteiger partial charge in [0.2, 0.25) is 0 Å². The Balaban J connectivity index is 2.80. The molecular weight excluding hydrogens is 136 g/mol. The van der Waals surface area contributed by atoms with Crippen molar-refractivity contribution in [2.75, 3.05) is 0 Å². The number of allylic oxidation sites excluding steroid dienone is 2. The summed E-state index contributed by atoms with van der Waals surface area (Å²) in [5.74, 6) is 0.527. The molecule has 0 fully saturated rings. The summed E-state index contributed by atoms with van der Waals surface area (Å²) < 4.78 is 0. The van der Waals surface area contributed by atoms with Crippen LogP contribution in [0.5, 0.6) is 0 Å². The highest BCUT2D eigenvalue weighted by Gasteiger charge is 2.27. The molecule has 1 atom stereocenters. The van der Waals surface area contributed by atoms with E-state index in [4.69, 9.17) is 0 Å². The fourth-order valence-electron chi connectivity index (χ4n) is 1.33. The molecule has 0 radical (unpaired) electrons. The Bertz CT molecular complexity index is 205. The molecule has 1 rings (SSSR count). The summed E-state index contributed by atoms with van der Waals surface area (Å²) in [7, 11) is 0. The maximum absolute atomic E-state index is 11.2. The standard InChI is InChI=1S/C10H16O/c1-7-5-8(6-9(7)11)10(2,3)4/h6-7H,5H2,1-4H3. The van der Waals surface area contributed by atoms with Gasteiger partial charge >= 0.3 is 0 Å². The highest BCUT2D eigenvalue weighted by Crippen LogP contribution is 2.35. The van der Waals surface area contributed by atoms with Crippen LogP contribution < -0.4 is 0 Å². The summed E-state index contributed by atoms with van der Waals surface area (Å²) >= 11 is 0. The predicted octanol–water partition coefficient (Wildman–Crippen LogP) is 2.57. The maximum Gasteiger partial charge on any atom is 0.158 e. The highest BCUT2D eigenvalue weighted by atomic mass is 16.1. The molecule has 0 bridgehead atoms. The SMILES string of the molecule is CC1CC(C(C)(C)C)=CC1=O. The van der Waals surface area contributed by atoms with E-state index in [1.807, 2.05) is 13.0 Å². The van der Waals surface area contributed by atoms with Crippen molar-refractivity contribution in [1.29, 1.82) is 0 Å². The van der Waals surface area contributed by atoms with E-state index in [0.717, 1.165) is 6.42 Å². The van der Waals surface area contributed by atoms with Crippen molar-refractivity contribution in [3.8, 4) is 0 Å². The molecule has 62 valence electrons. The third kappa shape index (κ3) is 1.70. The van der Waals surface area contributed by atoms with Crippen molar-refractivity contribution in [1.82, 2.24) is 0 Å². The Morgan fingerprint density at radius 1 is 1.45 bits per heavy atom. The molecule has 0 saturated heterocycles. The van der Waals surface area contributed by atoms with E-state index in [-0.39, 0.29) is 11.3 Å². The first kappa shape index (κ1) is 8.51. The maximum atomic E-state index is 11.2. The summed E-state index contributed by atoms with van der Waals surface area (Å²) in [6.45, 7) is 8.47. The molecule has 0 spiro atoms. The van der Waals surface area contributed by atoms with Crippen molar-refractivity contribution in [3.05, 3.63) is 11.6 Å². The molecule has 0 aromatic heterocycles. The van der Waals surface area contributed by atoms with E-state index in [1.165, 1.54) is 5.57 Å². The number of hydrogen-bond donors (Lipinski definition) is 0. The van der Waals surface area contributed by atoms with E-state index in [1.54, 1.807) is 0 Å². The summed E-state index contributed by atoms with van der Waals surface area (Å²) in [5.41, 5.74) is 1.48. The molecule has 1 unspecified atom stereocenters. The van der Waals surface area contributed by atoms with Gasteiger partial charge in [0.1, 0.15) is 0 Å². The van der Waals surface area contributed by atoms with Crippen LogP contribution in [0.15, 0.2) is 11.6 Å². The molecule has 0 amide bonds. The zero-order valence-corrected chi connectivity index (χ0v) is 7.77. The summed E-state index contributed by atoms with van der Waals surface area (Å²) in [6, 6.07) is 0. The Labute approximate surface area is 68.5 Å². The van der Waals surface area contributed by atoms with Gasteiger partial charge in [-0.2, -0.15) is 0 Å². The first-order valence-corrected chi connectivity index (χ1v) is 4.16. The molecule has 1 aliphatic rings. The average molecular weight is 152 g/mol. The topological polar surface area (TPSA) is 17.1 Å². The lowest BCUT2D eigenvalue weighted by molar-refractivity contribution is -0.116. The van der Waals surface area contributed by atoms with Crippen LogP contribution in [0, 0.1) is 11.3 Å². The number of ketones is 1. The van der Waals surface area contributed by atoms with E-state index < -0.39 is 0 Å². The fourth-order valence-corrected chi connectivity index (χ4v) is 1.33. The zero-order chi connectivity index (χ0) is 8.65. The van der Waals surface area contributed by atoms with E-state index in [2.05, 4.69) is 20.8 Å². The molecule has 0 heterocycles. The van der Waals surface area contributed by atoms with Gasteiger partial charge in [0, 0.05) is 5.92 Å². The minimum atomic E-state index is 0.181. The summed E-state index contributed by atoms with van der Waals surface area (Å²) in [4.78, 5) is 11.2. The molecule has 1 nitrogen and oxygen atoms in total. The van der Waals surface area contributed by atoms with Gasteiger partial charge in [-0.25, -0.2) is 0 Å². The van der Waals surface area contributed by atoms with Gasteiger partial charge in [-0.3, -0.25) is 4.79 Å². The minimum absolute atomic E-state index is 0.181. The van der Waals surface area contributed by atoms with Crippen LogP contribution in [0.2, 0.25) is 0 Å². The third-order valence-electron chi connectivity index (χ3n) is 2.29. The molecule has 0 aromatic carbocycles. The molecule has 11 heavy (non-hydrogen) atoms. The summed E-state index contributed by atoms with van der Waals surface area (Å²) in [6.07, 6.45) is 2.78. The predicted molar refractivity (Wildman–Crippen MR) is 46.3 cm³/mol. The molecule has 1 heteroatoms.